The summed E-state index contributed by atoms with van der Waals surface area (Å²) < 4.78 is 72.2. The smallest absolute Gasteiger partial charge is 0.274 e. The molecule has 29 nitrogen and oxygen atoms in total. The molecule has 4 heterocycles. The van der Waals surface area contributed by atoms with Crippen molar-refractivity contribution >= 4 is 69.1 Å². The number of carbonyl (C=O) groups is 3. The second kappa shape index (κ2) is 35.1. The molecule has 0 aliphatic carbocycles. The number of unbranched alkanes of at least 4 members (excludes halogenated alkanes) is 15. The van der Waals surface area contributed by atoms with E-state index in [9.17, 15) is 73.2 Å². The summed E-state index contributed by atoms with van der Waals surface area (Å²) in [6, 6.07) is 0. The largest absolute Gasteiger partial charge is 0.790 e. The van der Waals surface area contributed by atoms with E-state index in [4.69, 9.17) is 19.9 Å². The van der Waals surface area contributed by atoms with Crippen molar-refractivity contribution in [2.45, 2.75) is 211 Å². The number of hydrogen-bond acceptors (Lipinski definition) is 27. The minimum Gasteiger partial charge on any atom is -0.790 e. The first-order chi connectivity index (χ1) is 38.2. The molecular weight excluding hydrogens is 1150 g/mol. The van der Waals surface area contributed by atoms with Gasteiger partial charge in [-0.1, -0.05) is 122 Å². The van der Waals surface area contributed by atoms with Crippen molar-refractivity contribution in [3.8, 4) is 0 Å². The molecule has 9 N–H and O–H groups in total. The van der Waals surface area contributed by atoms with Crippen LogP contribution in [0.5, 0.6) is 0 Å². The highest BCUT2D eigenvalue weighted by Crippen LogP contribution is 2.56. The molecule has 2 saturated heterocycles. The van der Waals surface area contributed by atoms with Gasteiger partial charge in [0.15, 0.2) is 29.1 Å². The van der Waals surface area contributed by atoms with Crippen molar-refractivity contribution in [3.05, 3.63) is 12.7 Å². The Labute approximate surface area is 476 Å². The van der Waals surface area contributed by atoms with E-state index >= 15 is 0 Å². The summed E-state index contributed by atoms with van der Waals surface area (Å²) in [4.78, 5) is 97.3. The number of aromatic nitrogens is 4. The molecular formula is C48H82N7O22P3S-4. The van der Waals surface area contributed by atoms with Crippen molar-refractivity contribution in [1.82, 2.24) is 30.2 Å². The summed E-state index contributed by atoms with van der Waals surface area (Å²) in [6.45, 7) is 2.29. The zero-order valence-corrected chi connectivity index (χ0v) is 49.6. The monoisotopic (exact) mass is 1230 g/mol. The lowest BCUT2D eigenvalue weighted by Gasteiger charge is -2.36. The number of thioether (sulfide) groups is 1. The third-order valence-corrected chi connectivity index (χ3v) is 17.5. The molecule has 0 saturated carbocycles. The number of ether oxygens (including phenoxy) is 3. The SMILES string of the molecule is C[C@@H]1O[C@@H](OCCCCCCCCCCCCCCCCCC[C@@H](O)CC(=O)SCCNC(=O)CCNC(=O)[C@H](O)C(C)(C)COP(=O)([O-])OP(=O)([O-])OC[C@H]2O[C@@H](n3cnc4c(N)ncnc43)[C@H](O)[C@@H]2OP(=O)([O-])[O-])[C@H](O)C[C@H]1O. The van der Waals surface area contributed by atoms with Gasteiger partial charge in [0.1, 0.15) is 42.4 Å². The predicted molar refractivity (Wildman–Crippen MR) is 284 cm³/mol. The molecule has 466 valence electrons. The lowest BCUT2D eigenvalue weighted by Crippen LogP contribution is -2.47. The van der Waals surface area contributed by atoms with Crippen LogP contribution in [-0.2, 0) is 60.2 Å². The normalized spacial score (nSPS) is 23.9. The average Bonchev–Trinajstić information content (AvgIpc) is 3.96. The Bertz CT molecular complexity index is 2380. The maximum atomic E-state index is 12.7. The van der Waals surface area contributed by atoms with Gasteiger partial charge in [-0.2, -0.15) is 0 Å². The van der Waals surface area contributed by atoms with Gasteiger partial charge in [-0.25, -0.2) is 19.3 Å². The number of carbonyl (C=O) groups excluding carboxylic acids is 3. The number of nitrogens with zero attached hydrogens (tertiary/aromatic N) is 4. The Balaban J connectivity index is 0.968. The van der Waals surface area contributed by atoms with Crippen LogP contribution >= 0.6 is 35.2 Å². The van der Waals surface area contributed by atoms with Crippen LogP contribution in [0.2, 0.25) is 0 Å². The number of nitrogens with one attached hydrogen (secondary N) is 2. The topological polar surface area (TPSA) is 454 Å². The number of imidazole rings is 1. The molecule has 0 radical (unpaired) electrons. The number of rotatable bonds is 41. The van der Waals surface area contributed by atoms with Crippen molar-refractivity contribution in [1.29, 1.82) is 0 Å². The molecule has 2 unspecified atom stereocenters. The van der Waals surface area contributed by atoms with Crippen LogP contribution in [0.3, 0.4) is 0 Å². The number of nitrogens with two attached hydrogens (primary N) is 1. The minimum atomic E-state index is -5.94. The van der Waals surface area contributed by atoms with E-state index < -0.39 is 109 Å². The lowest BCUT2D eigenvalue weighted by atomic mass is 9.87. The molecule has 0 bridgehead atoms. The molecule has 0 aromatic carbocycles. The number of amides is 2. The first kappa shape index (κ1) is 70.8. The molecule has 4 rings (SSSR count). The van der Waals surface area contributed by atoms with Crippen LogP contribution in [0.1, 0.15) is 155 Å². The standard InChI is InChI=1S/C48H86N7O22P3S/c1-32-34(57)27-35(58)47(74-32)71-24-19-17-15-13-11-9-7-5-4-6-8-10-12-14-16-18-20-33(56)26-38(60)81-25-23-50-37(59)21-22-51-45(63)42(62)48(2,3)29-73-80(69,70)77-79(67,68)72-28-36-41(76-78(64,65)66)40(61)46(75-36)55-31-54-39-43(49)52-30-53-44(39)55/h30-36,40-42,46-47,56-58,61-62H,4-29H2,1-3H3,(H,50,59)(H,51,63)(H,67,68)(H,69,70)(H2,49,52,53)(H2,64,65,66)/p-4/t32-,33+,34+,35+,36+,40+,41+,42-,46+,47+/m0/s1. The van der Waals surface area contributed by atoms with E-state index in [-0.39, 0.29) is 66.3 Å². The number of anilines is 1. The second-order valence-electron chi connectivity index (χ2n) is 21.0. The molecule has 2 amide bonds. The van der Waals surface area contributed by atoms with Crippen LogP contribution in [0.15, 0.2) is 12.7 Å². The number of aliphatic hydroxyl groups excluding tert-OH is 5. The van der Waals surface area contributed by atoms with Crippen molar-refractivity contribution in [3.63, 3.8) is 0 Å². The van der Waals surface area contributed by atoms with E-state index in [1.165, 1.54) is 78.1 Å². The molecule has 2 aromatic heterocycles. The lowest BCUT2D eigenvalue weighted by molar-refractivity contribution is -0.347. The fourth-order valence-corrected chi connectivity index (χ4v) is 12.4. The second-order valence-corrected chi connectivity index (χ2v) is 26.2. The first-order valence-electron chi connectivity index (χ1n) is 27.5. The fourth-order valence-electron chi connectivity index (χ4n) is 8.88. The van der Waals surface area contributed by atoms with Gasteiger partial charge in [-0.15, -0.1) is 0 Å². The van der Waals surface area contributed by atoms with Crippen LogP contribution < -0.4 is 35.9 Å². The molecule has 12 atom stereocenters. The van der Waals surface area contributed by atoms with E-state index in [0.29, 0.717) is 13.0 Å². The Kier molecular flexibility index (Phi) is 30.7. The van der Waals surface area contributed by atoms with Gasteiger partial charge in [0.25, 0.3) is 15.6 Å². The fraction of sp³-hybridized carbons (Fsp3) is 0.833. The average molecular weight is 1230 g/mol. The van der Waals surface area contributed by atoms with Crippen LogP contribution in [0.25, 0.3) is 11.2 Å². The van der Waals surface area contributed by atoms with Crippen LogP contribution in [0, 0.1) is 5.41 Å². The third kappa shape index (κ3) is 26.3. The molecule has 33 heteroatoms. The molecule has 2 fully saturated rings. The molecule has 81 heavy (non-hydrogen) atoms. The third-order valence-electron chi connectivity index (χ3n) is 13.5. The summed E-state index contributed by atoms with van der Waals surface area (Å²) in [5, 5.41) is 56.3. The van der Waals surface area contributed by atoms with Crippen molar-refractivity contribution in [2.24, 2.45) is 5.41 Å². The Morgan fingerprint density at radius 1 is 0.827 bits per heavy atom. The number of hydrogen-bond donors (Lipinski definition) is 8. The number of phosphoric acid groups is 3. The van der Waals surface area contributed by atoms with Crippen molar-refractivity contribution < 1.29 is 105 Å². The maximum Gasteiger partial charge on any atom is 0.274 e. The van der Waals surface area contributed by atoms with E-state index in [2.05, 4.69) is 43.5 Å². The minimum absolute atomic E-state index is 0.00353. The zero-order valence-electron chi connectivity index (χ0n) is 46.1. The summed E-state index contributed by atoms with van der Waals surface area (Å²) in [5.41, 5.74) is 4.05. The molecule has 2 aliphatic rings. The van der Waals surface area contributed by atoms with Gasteiger partial charge >= 0.3 is 0 Å². The van der Waals surface area contributed by atoms with Gasteiger partial charge < -0.3 is 93.8 Å². The summed E-state index contributed by atoms with van der Waals surface area (Å²) in [5.74, 6) is -1.36. The molecule has 2 aliphatic heterocycles. The Morgan fingerprint density at radius 2 is 1.42 bits per heavy atom. The van der Waals surface area contributed by atoms with E-state index in [1.54, 1.807) is 6.92 Å². The van der Waals surface area contributed by atoms with Gasteiger partial charge in [0, 0.05) is 50.1 Å². The highest BCUT2D eigenvalue weighted by atomic mass is 32.2. The molecule has 0 spiro atoms. The van der Waals surface area contributed by atoms with Gasteiger partial charge in [-0.05, 0) is 19.8 Å². The number of fused-ring (bicyclic) bond motifs is 1. The van der Waals surface area contributed by atoms with Gasteiger partial charge in [-0.3, -0.25) is 28.1 Å². The quantitative estimate of drug-likeness (QED) is 0.0344. The van der Waals surface area contributed by atoms with Crippen LogP contribution in [0.4, 0.5) is 5.82 Å². The molecule has 2 aromatic rings. The van der Waals surface area contributed by atoms with Gasteiger partial charge in [0.2, 0.25) is 11.8 Å². The summed E-state index contributed by atoms with van der Waals surface area (Å²) >= 11 is 0.979. The van der Waals surface area contributed by atoms with E-state index in [1.807, 2.05) is 0 Å². The summed E-state index contributed by atoms with van der Waals surface area (Å²) in [7, 11) is -17.7. The first-order valence-corrected chi connectivity index (χ1v) is 32.8. The van der Waals surface area contributed by atoms with Crippen LogP contribution in [-0.4, -0.2) is 156 Å². The van der Waals surface area contributed by atoms with Gasteiger partial charge in [0.05, 0.1) is 45.7 Å². The Hall–Kier alpha value is -2.64. The highest BCUT2D eigenvalue weighted by molar-refractivity contribution is 8.13. The highest BCUT2D eigenvalue weighted by Gasteiger charge is 2.47. The predicted octanol–water partition coefficient (Wildman–Crippen LogP) is 1.39. The Morgan fingerprint density at radius 3 is 2.04 bits per heavy atom. The number of aliphatic hydroxyl groups is 5. The number of phosphoric ester groups is 3. The van der Waals surface area contributed by atoms with Crippen molar-refractivity contribution in [2.75, 3.05) is 44.4 Å². The maximum absolute atomic E-state index is 12.7. The zero-order chi connectivity index (χ0) is 59.8. The number of nitrogen functional groups attached to an aromatic ring is 1. The summed E-state index contributed by atoms with van der Waals surface area (Å²) in [6.07, 6.45) is 8.29. The van der Waals surface area contributed by atoms with E-state index in [0.717, 1.165) is 67.5 Å².